The van der Waals surface area contributed by atoms with E-state index in [-0.39, 0.29) is 24.4 Å². The van der Waals surface area contributed by atoms with Crippen LogP contribution in [-0.2, 0) is 17.8 Å². The number of aromatic nitrogens is 2. The van der Waals surface area contributed by atoms with Crippen LogP contribution in [0.15, 0.2) is 85.2 Å². The molecule has 0 bridgehead atoms. The van der Waals surface area contributed by atoms with Crippen molar-refractivity contribution in [3.8, 4) is 11.1 Å². The summed E-state index contributed by atoms with van der Waals surface area (Å²) in [6.07, 6.45) is 3.30. The van der Waals surface area contributed by atoms with Gasteiger partial charge in [-0.3, -0.25) is 14.6 Å². The van der Waals surface area contributed by atoms with Gasteiger partial charge in [-0.2, -0.15) is 0 Å². The molecule has 5 rings (SSSR count). The zero-order chi connectivity index (χ0) is 29.1. The predicted molar refractivity (Wildman–Crippen MR) is 151 cm³/mol. The number of benzene rings is 3. The van der Waals surface area contributed by atoms with Crippen LogP contribution in [0.5, 0.6) is 0 Å². The normalized spacial score (nSPS) is 11.8. The highest BCUT2D eigenvalue weighted by Crippen LogP contribution is 2.30. The zero-order valence-corrected chi connectivity index (χ0v) is 22.6. The third-order valence-electron chi connectivity index (χ3n) is 6.66. The van der Waals surface area contributed by atoms with Gasteiger partial charge in [0, 0.05) is 47.0 Å². The minimum Gasteiger partial charge on any atom is -0.355 e. The van der Waals surface area contributed by atoms with Crippen molar-refractivity contribution in [2.45, 2.75) is 19.0 Å². The first kappa shape index (κ1) is 27.9. The molecule has 0 aliphatic heterocycles. The molecular weight excluding hydrogens is 553 g/mol. The van der Waals surface area contributed by atoms with E-state index in [1.54, 1.807) is 35.0 Å². The van der Waals surface area contributed by atoms with Gasteiger partial charge in [0.2, 0.25) is 5.91 Å². The third-order valence-corrected chi connectivity index (χ3v) is 6.90. The number of nitrogens with zero attached hydrogens (tertiary/aromatic N) is 2. The van der Waals surface area contributed by atoms with Crippen LogP contribution in [-0.4, -0.2) is 28.4 Å². The number of fused-ring (bicyclic) bond motifs is 1. The molecule has 2 heterocycles. The van der Waals surface area contributed by atoms with Gasteiger partial charge in [-0.05, 0) is 72.1 Å². The van der Waals surface area contributed by atoms with Crippen molar-refractivity contribution in [1.82, 2.24) is 20.2 Å². The summed E-state index contributed by atoms with van der Waals surface area (Å²) in [5.74, 6) is -3.18. The summed E-state index contributed by atoms with van der Waals surface area (Å²) in [5, 5.41) is 6.81. The first-order chi connectivity index (χ1) is 19.7. The lowest BCUT2D eigenvalue weighted by Gasteiger charge is -2.22. The van der Waals surface area contributed by atoms with Gasteiger partial charge in [-0.1, -0.05) is 23.7 Å². The minimum atomic E-state index is -0.829. The summed E-state index contributed by atoms with van der Waals surface area (Å²) in [6, 6.07) is 17.0. The van der Waals surface area contributed by atoms with Crippen LogP contribution < -0.4 is 10.6 Å². The van der Waals surface area contributed by atoms with Crippen molar-refractivity contribution in [1.29, 1.82) is 0 Å². The van der Waals surface area contributed by atoms with E-state index in [1.165, 1.54) is 43.6 Å². The van der Waals surface area contributed by atoms with E-state index in [0.717, 1.165) is 17.0 Å². The molecule has 0 unspecified atom stereocenters. The summed E-state index contributed by atoms with van der Waals surface area (Å²) in [5.41, 5.74) is 2.32. The standard InChI is InChI=1S/C31H24ClF3N4O2/c1-36-31(41)25-15-19(4-6-26(25)35)24-3-2-9-37-30(24)27(13-18-11-22(33)16-23(34)12-18)38-29(40)17-39-10-8-20-14-21(32)5-7-28(20)39/h2-12,14-16,27H,13,17H2,1H3,(H,36,41)(H,38,40)/t27-/m0/s1. The van der Waals surface area contributed by atoms with Gasteiger partial charge in [0.15, 0.2) is 0 Å². The Balaban J connectivity index is 1.52. The van der Waals surface area contributed by atoms with Crippen molar-refractivity contribution < 1.29 is 22.8 Å². The number of hydrogen-bond donors (Lipinski definition) is 2. The maximum Gasteiger partial charge on any atom is 0.254 e. The van der Waals surface area contributed by atoms with E-state index in [0.29, 0.717) is 27.4 Å². The maximum absolute atomic E-state index is 14.4. The molecule has 208 valence electrons. The lowest BCUT2D eigenvalue weighted by atomic mass is 9.94. The van der Waals surface area contributed by atoms with E-state index in [1.807, 2.05) is 12.1 Å². The quantitative estimate of drug-likeness (QED) is 0.230. The molecule has 0 aliphatic carbocycles. The van der Waals surface area contributed by atoms with Gasteiger partial charge < -0.3 is 15.2 Å². The van der Waals surface area contributed by atoms with Crippen LogP contribution in [0.1, 0.15) is 27.7 Å². The monoisotopic (exact) mass is 576 g/mol. The highest BCUT2D eigenvalue weighted by atomic mass is 35.5. The number of rotatable bonds is 8. The summed E-state index contributed by atoms with van der Waals surface area (Å²) in [7, 11) is 1.40. The lowest BCUT2D eigenvalue weighted by Crippen LogP contribution is -2.33. The van der Waals surface area contributed by atoms with Crippen LogP contribution in [0, 0.1) is 17.5 Å². The van der Waals surface area contributed by atoms with Crippen LogP contribution in [0.4, 0.5) is 13.2 Å². The molecule has 0 aliphatic rings. The average molecular weight is 577 g/mol. The smallest absolute Gasteiger partial charge is 0.254 e. The molecule has 0 saturated heterocycles. The number of nitrogens with one attached hydrogen (secondary N) is 2. The summed E-state index contributed by atoms with van der Waals surface area (Å²) >= 11 is 6.09. The van der Waals surface area contributed by atoms with E-state index in [2.05, 4.69) is 15.6 Å². The van der Waals surface area contributed by atoms with Crippen LogP contribution in [0.25, 0.3) is 22.0 Å². The van der Waals surface area contributed by atoms with Crippen molar-refractivity contribution >= 4 is 34.3 Å². The van der Waals surface area contributed by atoms with Gasteiger partial charge in [0.05, 0.1) is 17.3 Å². The maximum atomic E-state index is 14.4. The Hall–Kier alpha value is -4.63. The Bertz CT molecular complexity index is 1750. The van der Waals surface area contributed by atoms with Crippen LogP contribution in [0.3, 0.4) is 0 Å². The fraction of sp³-hybridized carbons (Fsp3) is 0.129. The molecule has 10 heteroatoms. The number of hydrogen-bond acceptors (Lipinski definition) is 3. The largest absolute Gasteiger partial charge is 0.355 e. The van der Waals surface area contributed by atoms with E-state index >= 15 is 0 Å². The molecule has 0 fully saturated rings. The molecule has 41 heavy (non-hydrogen) atoms. The molecule has 6 nitrogen and oxygen atoms in total. The van der Waals surface area contributed by atoms with E-state index in [9.17, 15) is 22.8 Å². The van der Waals surface area contributed by atoms with E-state index in [4.69, 9.17) is 11.6 Å². The molecule has 0 saturated carbocycles. The van der Waals surface area contributed by atoms with Gasteiger partial charge in [-0.15, -0.1) is 0 Å². The molecule has 2 aromatic heterocycles. The first-order valence-corrected chi connectivity index (χ1v) is 13.1. The molecule has 3 aromatic carbocycles. The van der Waals surface area contributed by atoms with Crippen molar-refractivity contribution in [2.24, 2.45) is 0 Å². The number of amides is 2. The number of carbonyl (C=O) groups is 2. The molecule has 2 amide bonds. The number of pyridine rings is 1. The molecule has 1 atom stereocenters. The molecule has 5 aromatic rings. The summed E-state index contributed by atoms with van der Waals surface area (Å²) in [4.78, 5) is 30.1. The summed E-state index contributed by atoms with van der Waals surface area (Å²) < 4.78 is 44.3. The second kappa shape index (κ2) is 11.9. The Morgan fingerprint density at radius 3 is 2.51 bits per heavy atom. The second-order valence-corrected chi connectivity index (χ2v) is 9.90. The molecular formula is C31H24ClF3N4O2. The van der Waals surface area contributed by atoms with E-state index < -0.39 is 29.4 Å². The van der Waals surface area contributed by atoms with Gasteiger partial charge >= 0.3 is 0 Å². The minimum absolute atomic E-state index is 0.00989. The fourth-order valence-electron chi connectivity index (χ4n) is 4.82. The summed E-state index contributed by atoms with van der Waals surface area (Å²) in [6.45, 7) is -0.0430. The highest BCUT2D eigenvalue weighted by Gasteiger charge is 2.23. The second-order valence-electron chi connectivity index (χ2n) is 9.46. The highest BCUT2D eigenvalue weighted by molar-refractivity contribution is 6.31. The van der Waals surface area contributed by atoms with Gasteiger partial charge in [0.25, 0.3) is 5.91 Å². The Morgan fingerprint density at radius 2 is 1.76 bits per heavy atom. The van der Waals surface area contributed by atoms with Crippen LogP contribution >= 0.6 is 11.6 Å². The number of carbonyl (C=O) groups excluding carboxylic acids is 2. The predicted octanol–water partition coefficient (Wildman–Crippen LogP) is 6.23. The lowest BCUT2D eigenvalue weighted by molar-refractivity contribution is -0.122. The molecule has 2 N–H and O–H groups in total. The molecule has 0 spiro atoms. The fourth-order valence-corrected chi connectivity index (χ4v) is 5.01. The third kappa shape index (κ3) is 6.25. The van der Waals surface area contributed by atoms with Gasteiger partial charge in [0.1, 0.15) is 24.0 Å². The topological polar surface area (TPSA) is 76.0 Å². The van der Waals surface area contributed by atoms with Crippen molar-refractivity contribution in [3.63, 3.8) is 0 Å². The molecule has 0 radical (unpaired) electrons. The SMILES string of the molecule is CNC(=O)c1cc(-c2cccnc2[C@H](Cc2cc(F)cc(F)c2)NC(=O)Cn2ccc3cc(Cl)ccc32)ccc1F. The number of halogens is 4. The average Bonchev–Trinajstić information content (AvgIpc) is 3.33. The zero-order valence-electron chi connectivity index (χ0n) is 21.8. The Labute approximate surface area is 238 Å². The first-order valence-electron chi connectivity index (χ1n) is 12.7. The Morgan fingerprint density at radius 1 is 0.976 bits per heavy atom. The van der Waals surface area contributed by atoms with Crippen molar-refractivity contribution in [2.75, 3.05) is 7.05 Å². The van der Waals surface area contributed by atoms with Crippen molar-refractivity contribution in [3.05, 3.63) is 124 Å². The van der Waals surface area contributed by atoms with Gasteiger partial charge in [-0.25, -0.2) is 13.2 Å². The Kier molecular flexibility index (Phi) is 8.07. The van der Waals surface area contributed by atoms with Crippen LogP contribution in [0.2, 0.25) is 5.02 Å².